The second-order valence-corrected chi connectivity index (χ2v) is 8.30. The van der Waals surface area contributed by atoms with Crippen LogP contribution in [0.25, 0.3) is 0 Å². The van der Waals surface area contributed by atoms with Gasteiger partial charge in [-0.3, -0.25) is 4.79 Å². The number of rotatable bonds is 1. The smallest absolute Gasteiger partial charge is 0.309 e. The van der Waals surface area contributed by atoms with Crippen LogP contribution in [-0.2, 0) is 9.53 Å². The maximum absolute atomic E-state index is 11.7. The molecule has 0 aromatic carbocycles. The van der Waals surface area contributed by atoms with Crippen molar-refractivity contribution in [1.82, 2.24) is 0 Å². The monoisotopic (exact) mass is 276 g/mol. The predicted molar refractivity (Wildman–Crippen MR) is 72.6 cm³/mol. The fourth-order valence-electron chi connectivity index (χ4n) is 7.43. The molecule has 4 bridgehead atoms. The molecule has 5 rings (SSSR count). The van der Waals surface area contributed by atoms with Gasteiger partial charge in [-0.15, -0.1) is 0 Å². The van der Waals surface area contributed by atoms with Crippen LogP contribution in [0, 0.1) is 41.4 Å². The van der Waals surface area contributed by atoms with Gasteiger partial charge in [0.25, 0.3) is 0 Å². The van der Waals surface area contributed by atoms with Crippen molar-refractivity contribution >= 4 is 5.97 Å². The van der Waals surface area contributed by atoms with E-state index in [-0.39, 0.29) is 12.4 Å². The molecule has 110 valence electrons. The molecule has 1 saturated heterocycles. The van der Waals surface area contributed by atoms with E-state index in [1.807, 2.05) is 6.92 Å². The average Bonchev–Trinajstić information content (AvgIpc) is 3.16. The van der Waals surface area contributed by atoms with Gasteiger partial charge >= 0.3 is 5.97 Å². The zero-order valence-electron chi connectivity index (χ0n) is 12.1. The van der Waals surface area contributed by atoms with E-state index in [4.69, 9.17) is 4.74 Å². The molecule has 0 radical (unpaired) electrons. The summed E-state index contributed by atoms with van der Waals surface area (Å²) in [4.78, 5) is 11.7. The predicted octanol–water partition coefficient (Wildman–Crippen LogP) is 2.37. The highest BCUT2D eigenvalue weighted by atomic mass is 16.6. The molecule has 0 amide bonds. The van der Waals surface area contributed by atoms with Crippen LogP contribution < -0.4 is 0 Å². The number of hydrogen-bond donors (Lipinski definition) is 1. The van der Waals surface area contributed by atoms with Crippen molar-refractivity contribution in [3.63, 3.8) is 0 Å². The molecule has 5 aliphatic rings. The minimum atomic E-state index is -0.591. The van der Waals surface area contributed by atoms with Crippen LogP contribution in [0.2, 0.25) is 0 Å². The van der Waals surface area contributed by atoms with E-state index in [0.29, 0.717) is 17.8 Å². The van der Waals surface area contributed by atoms with Gasteiger partial charge < -0.3 is 9.84 Å². The van der Waals surface area contributed by atoms with Gasteiger partial charge in [0, 0.05) is 5.92 Å². The van der Waals surface area contributed by atoms with Crippen molar-refractivity contribution in [2.24, 2.45) is 41.4 Å². The Kier molecular flexibility index (Phi) is 2.16. The third-order valence-corrected chi connectivity index (χ3v) is 7.81. The number of aliphatic hydroxyl groups excluding tert-OH is 1. The summed E-state index contributed by atoms with van der Waals surface area (Å²) in [7, 11) is 0. The lowest BCUT2D eigenvalue weighted by molar-refractivity contribution is -0.158. The molecule has 3 heteroatoms. The lowest BCUT2D eigenvalue weighted by atomic mass is 9.71. The number of ether oxygens (including phenoxy) is 1. The zero-order valence-corrected chi connectivity index (χ0v) is 12.1. The van der Waals surface area contributed by atoms with Gasteiger partial charge in [0.1, 0.15) is 11.7 Å². The largest absolute Gasteiger partial charge is 0.456 e. The summed E-state index contributed by atoms with van der Waals surface area (Å²) in [6.45, 7) is 2.02. The van der Waals surface area contributed by atoms with E-state index < -0.39 is 11.7 Å². The molecule has 0 aromatic heterocycles. The third kappa shape index (κ3) is 1.21. The Morgan fingerprint density at radius 3 is 2.20 bits per heavy atom. The number of hydrogen-bond acceptors (Lipinski definition) is 3. The Hall–Kier alpha value is -0.570. The van der Waals surface area contributed by atoms with Crippen LogP contribution in [0.5, 0.6) is 0 Å². The first-order chi connectivity index (χ1) is 9.59. The Bertz CT molecular complexity index is 451. The molecule has 0 spiro atoms. The van der Waals surface area contributed by atoms with E-state index in [0.717, 1.165) is 23.7 Å². The van der Waals surface area contributed by atoms with Crippen LogP contribution in [0.4, 0.5) is 0 Å². The summed E-state index contributed by atoms with van der Waals surface area (Å²) < 4.78 is 5.69. The topological polar surface area (TPSA) is 46.5 Å². The summed E-state index contributed by atoms with van der Waals surface area (Å²) in [5, 5.41) is 10.4. The minimum Gasteiger partial charge on any atom is -0.456 e. The van der Waals surface area contributed by atoms with E-state index in [2.05, 4.69) is 0 Å². The van der Waals surface area contributed by atoms with Crippen molar-refractivity contribution in [2.75, 3.05) is 0 Å². The molecular weight excluding hydrogens is 252 g/mol. The molecular formula is C17H24O3. The van der Waals surface area contributed by atoms with Crippen LogP contribution in [0.15, 0.2) is 0 Å². The fraction of sp³-hybridized carbons (Fsp3) is 0.941. The van der Waals surface area contributed by atoms with Gasteiger partial charge in [0.2, 0.25) is 0 Å². The zero-order chi connectivity index (χ0) is 13.6. The molecule has 4 saturated carbocycles. The van der Waals surface area contributed by atoms with Gasteiger partial charge in [-0.2, -0.15) is 0 Å². The lowest BCUT2D eigenvalue weighted by Crippen LogP contribution is -2.46. The molecule has 3 nitrogen and oxygen atoms in total. The maximum Gasteiger partial charge on any atom is 0.309 e. The second-order valence-electron chi connectivity index (χ2n) is 8.30. The molecule has 8 unspecified atom stereocenters. The summed E-state index contributed by atoms with van der Waals surface area (Å²) in [6.07, 6.45) is 6.56. The first-order valence-corrected chi connectivity index (χ1v) is 8.49. The third-order valence-electron chi connectivity index (χ3n) is 7.81. The van der Waals surface area contributed by atoms with Crippen LogP contribution in [0.3, 0.4) is 0 Å². The molecule has 5 fully saturated rings. The Morgan fingerprint density at radius 2 is 1.70 bits per heavy atom. The van der Waals surface area contributed by atoms with Gasteiger partial charge in [0.05, 0.1) is 6.42 Å². The second kappa shape index (κ2) is 3.60. The number of fused-ring (bicyclic) bond motifs is 9. The van der Waals surface area contributed by atoms with Crippen molar-refractivity contribution in [2.45, 2.75) is 57.2 Å². The van der Waals surface area contributed by atoms with Gasteiger partial charge in [-0.1, -0.05) is 0 Å². The molecule has 1 heterocycles. The van der Waals surface area contributed by atoms with E-state index >= 15 is 0 Å². The quantitative estimate of drug-likeness (QED) is 0.591. The normalized spacial score (nSPS) is 63.0. The van der Waals surface area contributed by atoms with Crippen LogP contribution >= 0.6 is 0 Å². The first-order valence-electron chi connectivity index (χ1n) is 8.49. The highest BCUT2D eigenvalue weighted by Crippen LogP contribution is 2.71. The molecule has 1 aliphatic heterocycles. The Morgan fingerprint density at radius 1 is 1.10 bits per heavy atom. The average molecular weight is 276 g/mol. The van der Waals surface area contributed by atoms with Crippen LogP contribution in [-0.4, -0.2) is 22.8 Å². The maximum atomic E-state index is 11.7. The Balaban J connectivity index is 1.53. The first kappa shape index (κ1) is 12.0. The van der Waals surface area contributed by atoms with Crippen molar-refractivity contribution < 1.29 is 14.6 Å². The van der Waals surface area contributed by atoms with Gasteiger partial charge in [-0.25, -0.2) is 0 Å². The summed E-state index contributed by atoms with van der Waals surface area (Å²) in [5.74, 6) is 5.33. The van der Waals surface area contributed by atoms with E-state index in [9.17, 15) is 9.90 Å². The molecule has 4 aliphatic carbocycles. The number of carbonyl (C=O) groups is 1. The highest BCUT2D eigenvalue weighted by molar-refractivity contribution is 5.73. The summed E-state index contributed by atoms with van der Waals surface area (Å²) in [5.41, 5.74) is -0.591. The standard InChI is InChI=1S/C17H24O3/c1-17(12(18)7-13(19)20-17)16-10-4-5-11(16)15-9-3-2-8(6-9)14(10)15/h8-12,14-16,18H,2-7H2,1H3. The van der Waals surface area contributed by atoms with Gasteiger partial charge in [0.15, 0.2) is 0 Å². The molecule has 1 N–H and O–H groups in total. The summed E-state index contributed by atoms with van der Waals surface area (Å²) >= 11 is 0. The number of carbonyl (C=O) groups excluding carboxylic acids is 1. The number of esters is 1. The number of cyclic esters (lactones) is 1. The number of aliphatic hydroxyl groups is 1. The molecule has 0 aromatic rings. The van der Waals surface area contributed by atoms with Crippen LogP contribution in [0.1, 0.15) is 45.4 Å². The van der Waals surface area contributed by atoms with E-state index in [1.165, 1.54) is 32.1 Å². The molecule has 20 heavy (non-hydrogen) atoms. The SMILES string of the molecule is CC1(C2C3CCC2C2C4CCC(C4)C32)OC(=O)CC1O. The van der Waals surface area contributed by atoms with Crippen molar-refractivity contribution in [3.8, 4) is 0 Å². The van der Waals surface area contributed by atoms with Crippen molar-refractivity contribution in [1.29, 1.82) is 0 Å². The fourth-order valence-corrected chi connectivity index (χ4v) is 7.43. The highest BCUT2D eigenvalue weighted by Gasteiger charge is 2.69. The van der Waals surface area contributed by atoms with Crippen molar-refractivity contribution in [3.05, 3.63) is 0 Å². The molecule has 8 atom stereocenters. The lowest BCUT2D eigenvalue weighted by Gasteiger charge is -2.37. The minimum absolute atomic E-state index is 0.195. The summed E-state index contributed by atoms with van der Waals surface area (Å²) in [6, 6.07) is 0. The Labute approximate surface area is 120 Å². The van der Waals surface area contributed by atoms with E-state index in [1.54, 1.807) is 0 Å². The van der Waals surface area contributed by atoms with Gasteiger partial charge in [-0.05, 0) is 74.5 Å².